The van der Waals surface area contributed by atoms with Gasteiger partial charge in [-0.1, -0.05) is 65.0 Å². The van der Waals surface area contributed by atoms with Crippen LogP contribution in [-0.4, -0.2) is 34.6 Å². The fourth-order valence-electron chi connectivity index (χ4n) is 5.53. The number of carbonyl (C=O) groups excluding carboxylic acids is 3. The molecule has 2 aliphatic heterocycles. The number of benzene rings is 3. The number of nitrogens with zero attached hydrogens (tertiary/aromatic N) is 2. The SMILES string of the molecule is COc1ccccc1[C@H]1c2sc(=O)n(CC(=O)Nc3ccccc3C(F)(F)F)c2SC2C(=O)N(c3ccc(Cl)cc3)C(=O)C21. The number of amides is 3. The van der Waals surface area contributed by atoms with Crippen LogP contribution >= 0.6 is 34.7 Å². The number of anilines is 2. The summed E-state index contributed by atoms with van der Waals surface area (Å²) in [6.45, 7) is -0.608. The molecule has 3 atom stereocenters. The van der Waals surface area contributed by atoms with E-state index < -0.39 is 63.7 Å². The number of halogens is 4. The number of carbonyl (C=O) groups is 3. The van der Waals surface area contributed by atoms with E-state index in [1.807, 2.05) is 0 Å². The number of hydrogen-bond donors (Lipinski definition) is 1. The molecule has 1 N–H and O–H groups in total. The quantitative estimate of drug-likeness (QED) is 0.254. The molecule has 2 unspecified atom stereocenters. The zero-order valence-electron chi connectivity index (χ0n) is 22.6. The molecular formula is C30H21ClF3N3O5S2. The largest absolute Gasteiger partial charge is 0.496 e. The lowest BCUT2D eigenvalue weighted by Gasteiger charge is -2.31. The third-order valence-electron chi connectivity index (χ3n) is 7.42. The Balaban J connectivity index is 1.42. The number of para-hydroxylation sites is 2. The summed E-state index contributed by atoms with van der Waals surface area (Å²) in [5, 5.41) is 2.01. The van der Waals surface area contributed by atoms with Crippen LogP contribution in [0.15, 0.2) is 82.6 Å². The van der Waals surface area contributed by atoms with Crippen LogP contribution < -0.4 is 19.8 Å². The number of nitrogens with one attached hydrogen (secondary N) is 1. The lowest BCUT2D eigenvalue weighted by Crippen LogP contribution is -2.33. The molecule has 226 valence electrons. The molecule has 6 rings (SSSR count). The fraction of sp³-hybridized carbons (Fsp3) is 0.200. The second kappa shape index (κ2) is 11.5. The molecule has 3 heterocycles. The molecular weight excluding hydrogens is 639 g/mol. The number of thiazole rings is 1. The monoisotopic (exact) mass is 659 g/mol. The van der Waals surface area contributed by atoms with Crippen LogP contribution in [0.5, 0.6) is 5.75 Å². The average molecular weight is 660 g/mol. The first-order valence-corrected chi connectivity index (χ1v) is 15.2. The van der Waals surface area contributed by atoms with Gasteiger partial charge in [0.1, 0.15) is 17.5 Å². The van der Waals surface area contributed by atoms with E-state index >= 15 is 0 Å². The van der Waals surface area contributed by atoms with Crippen molar-refractivity contribution >= 4 is 63.8 Å². The van der Waals surface area contributed by atoms with Crippen molar-refractivity contribution in [3.05, 3.63) is 103 Å². The second-order valence-corrected chi connectivity index (χ2v) is 12.5. The van der Waals surface area contributed by atoms with Crippen molar-refractivity contribution in [1.29, 1.82) is 0 Å². The maximum Gasteiger partial charge on any atom is 0.418 e. The summed E-state index contributed by atoms with van der Waals surface area (Å²) < 4.78 is 47.3. The van der Waals surface area contributed by atoms with E-state index in [1.54, 1.807) is 48.5 Å². The van der Waals surface area contributed by atoms with E-state index in [-0.39, 0.29) is 5.03 Å². The lowest BCUT2D eigenvalue weighted by atomic mass is 9.82. The van der Waals surface area contributed by atoms with E-state index in [4.69, 9.17) is 16.3 Å². The highest BCUT2D eigenvalue weighted by Crippen LogP contribution is 2.55. The molecule has 0 spiro atoms. The number of alkyl halides is 3. The topological polar surface area (TPSA) is 97.7 Å². The van der Waals surface area contributed by atoms with Gasteiger partial charge >= 0.3 is 11.0 Å². The summed E-state index contributed by atoms with van der Waals surface area (Å²) in [5.74, 6) is -3.09. The summed E-state index contributed by atoms with van der Waals surface area (Å²) in [7, 11) is 1.47. The number of thioether (sulfide) groups is 1. The molecule has 3 aromatic carbocycles. The summed E-state index contributed by atoms with van der Waals surface area (Å²) in [6.07, 6.45) is -4.71. The van der Waals surface area contributed by atoms with Gasteiger partial charge < -0.3 is 10.1 Å². The van der Waals surface area contributed by atoms with Crippen molar-refractivity contribution in [2.45, 2.75) is 28.9 Å². The van der Waals surface area contributed by atoms with E-state index in [0.717, 1.165) is 44.7 Å². The minimum Gasteiger partial charge on any atom is -0.496 e. The molecule has 4 aromatic rings. The maximum atomic E-state index is 14.0. The van der Waals surface area contributed by atoms with E-state index in [2.05, 4.69) is 5.32 Å². The Hall–Kier alpha value is -4.07. The van der Waals surface area contributed by atoms with Gasteiger partial charge in [0.15, 0.2) is 0 Å². The van der Waals surface area contributed by atoms with Crippen LogP contribution in [0.1, 0.15) is 21.9 Å². The van der Waals surface area contributed by atoms with Crippen LogP contribution in [0.25, 0.3) is 0 Å². The first kappa shape index (κ1) is 30.0. The van der Waals surface area contributed by atoms with Gasteiger partial charge in [0.25, 0.3) is 0 Å². The van der Waals surface area contributed by atoms with Crippen molar-refractivity contribution in [3.8, 4) is 5.75 Å². The van der Waals surface area contributed by atoms with Crippen molar-refractivity contribution in [2.24, 2.45) is 5.92 Å². The minimum atomic E-state index is -4.71. The number of rotatable bonds is 6. The molecule has 0 bridgehead atoms. The van der Waals surface area contributed by atoms with Crippen molar-refractivity contribution < 1.29 is 32.3 Å². The number of methoxy groups -OCH3 is 1. The predicted octanol–water partition coefficient (Wildman–Crippen LogP) is 6.03. The standard InChI is InChI=1S/C30H21ClF3N3O5S2/c1-42-20-9-5-2-6-17(20)22-23-24(27(40)37(26(23)39)16-12-10-15(31)11-13-16)43-28-25(22)44-29(41)36(28)14-21(38)35-19-8-4-3-7-18(19)30(32,33)34/h2-13,22-24H,14H2,1H3,(H,35,38)/t22-,23?,24?/m1/s1. The third-order valence-corrected chi connectivity index (χ3v) is 10.3. The predicted molar refractivity (Wildman–Crippen MR) is 161 cm³/mol. The first-order chi connectivity index (χ1) is 21.0. The molecule has 14 heteroatoms. The van der Waals surface area contributed by atoms with Gasteiger partial charge in [-0.25, -0.2) is 4.90 Å². The first-order valence-electron chi connectivity index (χ1n) is 13.1. The zero-order chi connectivity index (χ0) is 31.3. The van der Waals surface area contributed by atoms with Gasteiger partial charge in [-0.15, -0.1) is 0 Å². The Bertz CT molecular complexity index is 1860. The number of fused-ring (bicyclic) bond motifs is 2. The minimum absolute atomic E-state index is 0.288. The summed E-state index contributed by atoms with van der Waals surface area (Å²) >= 11 is 7.83. The molecule has 2 aliphatic rings. The van der Waals surface area contributed by atoms with Gasteiger partial charge in [-0.05, 0) is 42.5 Å². The van der Waals surface area contributed by atoms with Gasteiger partial charge in [0.05, 0.1) is 35.0 Å². The Labute approximate surface area is 261 Å². The molecule has 44 heavy (non-hydrogen) atoms. The molecule has 0 aliphatic carbocycles. The average Bonchev–Trinajstić information content (AvgIpc) is 3.43. The highest BCUT2D eigenvalue weighted by molar-refractivity contribution is 8.00. The lowest BCUT2D eigenvalue weighted by molar-refractivity contribution is -0.137. The Morgan fingerprint density at radius 3 is 2.36 bits per heavy atom. The fourth-order valence-corrected chi connectivity index (χ4v) is 8.42. The van der Waals surface area contributed by atoms with Crippen molar-refractivity contribution in [3.63, 3.8) is 0 Å². The second-order valence-electron chi connectivity index (χ2n) is 9.99. The normalized spacial score (nSPS) is 19.5. The van der Waals surface area contributed by atoms with E-state index in [9.17, 15) is 32.3 Å². The smallest absolute Gasteiger partial charge is 0.418 e. The molecule has 1 fully saturated rings. The number of hydrogen-bond acceptors (Lipinski definition) is 7. The van der Waals surface area contributed by atoms with Gasteiger partial charge in [0, 0.05) is 21.4 Å². The van der Waals surface area contributed by atoms with Crippen molar-refractivity contribution in [1.82, 2.24) is 4.57 Å². The van der Waals surface area contributed by atoms with Crippen LogP contribution in [0.2, 0.25) is 5.02 Å². The third kappa shape index (κ3) is 5.18. The van der Waals surface area contributed by atoms with Crippen LogP contribution in [-0.2, 0) is 27.1 Å². The molecule has 1 aromatic heterocycles. The van der Waals surface area contributed by atoms with Crippen LogP contribution in [0.3, 0.4) is 0 Å². The summed E-state index contributed by atoms with van der Waals surface area (Å²) in [6, 6.07) is 17.7. The molecule has 1 saturated heterocycles. The zero-order valence-corrected chi connectivity index (χ0v) is 25.0. The molecule has 0 radical (unpaired) electrons. The van der Waals surface area contributed by atoms with Gasteiger partial charge in [-0.2, -0.15) is 13.2 Å². The molecule has 3 amide bonds. The molecule has 8 nitrogen and oxygen atoms in total. The molecule has 0 saturated carbocycles. The van der Waals surface area contributed by atoms with Gasteiger partial charge in [0.2, 0.25) is 17.7 Å². The number of aromatic nitrogens is 1. The van der Waals surface area contributed by atoms with Gasteiger partial charge in [-0.3, -0.25) is 23.7 Å². The summed E-state index contributed by atoms with van der Waals surface area (Å²) in [4.78, 5) is 55.2. The highest BCUT2D eigenvalue weighted by atomic mass is 35.5. The van der Waals surface area contributed by atoms with E-state index in [1.165, 1.54) is 19.2 Å². The van der Waals surface area contributed by atoms with E-state index in [0.29, 0.717) is 26.9 Å². The summed E-state index contributed by atoms with van der Waals surface area (Å²) in [5.41, 5.74) is -0.569. The Kier molecular flexibility index (Phi) is 7.80. The Morgan fingerprint density at radius 1 is 0.977 bits per heavy atom. The highest BCUT2D eigenvalue weighted by Gasteiger charge is 2.57. The number of imide groups is 1. The van der Waals surface area contributed by atoms with Crippen LogP contribution in [0.4, 0.5) is 24.5 Å². The van der Waals surface area contributed by atoms with Crippen molar-refractivity contribution in [2.75, 3.05) is 17.3 Å². The maximum absolute atomic E-state index is 14.0. The number of ether oxygens (including phenoxy) is 1. The Morgan fingerprint density at radius 2 is 1.66 bits per heavy atom. The van der Waals surface area contributed by atoms with Crippen LogP contribution in [0, 0.1) is 5.92 Å².